The maximum Gasteiger partial charge on any atom is 0.306 e. The molecule has 0 amide bonds. The van der Waals surface area contributed by atoms with E-state index in [9.17, 15) is 9.90 Å². The number of hydrogen-bond donors (Lipinski definition) is 1. The molecule has 1 N–H and O–H groups in total. The van der Waals surface area contributed by atoms with E-state index in [4.69, 9.17) is 0 Å². The van der Waals surface area contributed by atoms with Crippen LogP contribution in [0, 0.1) is 17.8 Å². The average molecular weight is 260 g/mol. The molecule has 2 bridgehead atoms. The number of aliphatic carboxylic acids is 1. The summed E-state index contributed by atoms with van der Waals surface area (Å²) in [5.41, 5.74) is 1.11. The van der Waals surface area contributed by atoms with Crippen molar-refractivity contribution in [1.82, 2.24) is 9.88 Å². The third-order valence-corrected chi connectivity index (χ3v) is 4.40. The van der Waals surface area contributed by atoms with Gasteiger partial charge in [-0.3, -0.25) is 14.7 Å². The molecule has 1 aromatic rings. The number of fused-ring (bicyclic) bond motifs is 2. The summed E-state index contributed by atoms with van der Waals surface area (Å²) in [6, 6.07) is 6.02. The summed E-state index contributed by atoms with van der Waals surface area (Å²) in [5, 5.41) is 9.17. The maximum absolute atomic E-state index is 11.1. The number of piperidine rings is 1. The molecule has 0 radical (unpaired) electrons. The van der Waals surface area contributed by atoms with Crippen LogP contribution in [-0.4, -0.2) is 34.0 Å². The Labute approximate surface area is 113 Å². The van der Waals surface area contributed by atoms with E-state index in [1.54, 1.807) is 0 Å². The van der Waals surface area contributed by atoms with Crippen molar-refractivity contribution in [3.8, 4) is 0 Å². The normalized spacial score (nSPS) is 31.1. The summed E-state index contributed by atoms with van der Waals surface area (Å²) in [7, 11) is 0. The van der Waals surface area contributed by atoms with Crippen LogP contribution in [0.15, 0.2) is 24.4 Å². The van der Waals surface area contributed by atoms with Crippen LogP contribution in [0.3, 0.4) is 0 Å². The number of carboxylic acid groups (broad SMARTS) is 1. The van der Waals surface area contributed by atoms with Gasteiger partial charge in [-0.05, 0) is 43.2 Å². The number of carbonyl (C=O) groups is 1. The average Bonchev–Trinajstić information content (AvgIpc) is 2.38. The van der Waals surface area contributed by atoms with Crippen LogP contribution in [0.2, 0.25) is 0 Å². The number of likely N-dealkylation sites (tertiary alicyclic amines) is 1. The second kappa shape index (κ2) is 5.29. The van der Waals surface area contributed by atoms with Gasteiger partial charge in [-0.25, -0.2) is 0 Å². The minimum absolute atomic E-state index is 0.110. The molecule has 2 unspecified atom stereocenters. The molecule has 102 valence electrons. The number of hydrogen-bond acceptors (Lipinski definition) is 3. The first-order chi connectivity index (χ1) is 9.20. The summed E-state index contributed by atoms with van der Waals surface area (Å²) < 4.78 is 0. The van der Waals surface area contributed by atoms with E-state index in [1.165, 1.54) is 6.42 Å². The molecule has 19 heavy (non-hydrogen) atoms. The van der Waals surface area contributed by atoms with Gasteiger partial charge in [-0.2, -0.15) is 0 Å². The van der Waals surface area contributed by atoms with Gasteiger partial charge in [0.2, 0.25) is 0 Å². The van der Waals surface area contributed by atoms with Gasteiger partial charge in [0, 0.05) is 25.8 Å². The lowest BCUT2D eigenvalue weighted by atomic mass is 9.72. The second-order valence-corrected chi connectivity index (χ2v) is 5.99. The first kappa shape index (κ1) is 12.6. The topological polar surface area (TPSA) is 53.4 Å². The van der Waals surface area contributed by atoms with Gasteiger partial charge >= 0.3 is 5.97 Å². The highest BCUT2D eigenvalue weighted by atomic mass is 16.4. The predicted molar refractivity (Wildman–Crippen MR) is 71.5 cm³/mol. The zero-order chi connectivity index (χ0) is 13.2. The Morgan fingerprint density at radius 1 is 1.26 bits per heavy atom. The summed E-state index contributed by atoms with van der Waals surface area (Å²) in [6.07, 6.45) is 4.75. The van der Waals surface area contributed by atoms with Crippen molar-refractivity contribution in [3.63, 3.8) is 0 Å². The maximum atomic E-state index is 11.1. The van der Waals surface area contributed by atoms with Crippen LogP contribution in [0.4, 0.5) is 0 Å². The predicted octanol–water partition coefficient (Wildman–Crippen LogP) is 2.01. The molecule has 4 heteroatoms. The lowest BCUT2D eigenvalue weighted by molar-refractivity contribution is -0.145. The number of rotatable bonds is 3. The molecule has 1 saturated carbocycles. The van der Waals surface area contributed by atoms with Crippen LogP contribution in [0.1, 0.15) is 25.0 Å². The molecule has 2 fully saturated rings. The summed E-state index contributed by atoms with van der Waals surface area (Å²) in [6.45, 7) is 2.94. The molecule has 0 aromatic carbocycles. The first-order valence-corrected chi connectivity index (χ1v) is 7.06. The fourth-order valence-electron chi connectivity index (χ4n) is 3.72. The summed E-state index contributed by atoms with van der Waals surface area (Å²) in [5.74, 6) is 0.392. The zero-order valence-electron chi connectivity index (χ0n) is 11.0. The lowest BCUT2D eigenvalue weighted by Crippen LogP contribution is -2.45. The molecule has 2 aliphatic rings. The third-order valence-electron chi connectivity index (χ3n) is 4.40. The number of aromatic nitrogens is 1. The Kier molecular flexibility index (Phi) is 3.51. The molecular formula is C15H20N2O2. The van der Waals surface area contributed by atoms with E-state index < -0.39 is 5.97 Å². The van der Waals surface area contributed by atoms with Crippen LogP contribution >= 0.6 is 0 Å². The standard InChI is InChI=1S/C15H20N2O2/c18-15(19)13-6-11-5-12(7-13)9-17(8-11)10-14-3-1-2-4-16-14/h1-4,11-13H,5-10H2,(H,18,19). The Morgan fingerprint density at radius 3 is 2.58 bits per heavy atom. The van der Waals surface area contributed by atoms with Crippen molar-refractivity contribution in [2.24, 2.45) is 17.8 Å². The van der Waals surface area contributed by atoms with Gasteiger partial charge in [0.15, 0.2) is 0 Å². The highest BCUT2D eigenvalue weighted by molar-refractivity contribution is 5.70. The summed E-state index contributed by atoms with van der Waals surface area (Å²) in [4.78, 5) is 18.0. The number of nitrogens with zero attached hydrogens (tertiary/aromatic N) is 2. The van der Waals surface area contributed by atoms with Gasteiger partial charge in [-0.1, -0.05) is 6.07 Å². The largest absolute Gasteiger partial charge is 0.481 e. The molecular weight excluding hydrogens is 240 g/mol. The van der Waals surface area contributed by atoms with E-state index in [-0.39, 0.29) is 5.92 Å². The second-order valence-electron chi connectivity index (χ2n) is 5.99. The number of pyridine rings is 1. The SMILES string of the molecule is O=C(O)C1CC2CC(C1)CN(Cc1ccccn1)C2. The first-order valence-electron chi connectivity index (χ1n) is 7.06. The minimum Gasteiger partial charge on any atom is -0.481 e. The van der Waals surface area contributed by atoms with Gasteiger partial charge < -0.3 is 5.11 Å². The van der Waals surface area contributed by atoms with Crippen molar-refractivity contribution in [1.29, 1.82) is 0 Å². The number of carboxylic acids is 1. The molecule has 2 atom stereocenters. The molecule has 1 aliphatic carbocycles. The van der Waals surface area contributed by atoms with Gasteiger partial charge in [0.1, 0.15) is 0 Å². The molecule has 1 aromatic heterocycles. The van der Waals surface area contributed by atoms with Crippen molar-refractivity contribution in [3.05, 3.63) is 30.1 Å². The highest BCUT2D eigenvalue weighted by Gasteiger charge is 2.37. The monoisotopic (exact) mass is 260 g/mol. The van der Waals surface area contributed by atoms with Crippen molar-refractivity contribution >= 4 is 5.97 Å². The zero-order valence-corrected chi connectivity index (χ0v) is 11.0. The molecule has 2 heterocycles. The Balaban J connectivity index is 1.62. The van der Waals surface area contributed by atoms with E-state index in [0.717, 1.165) is 38.2 Å². The smallest absolute Gasteiger partial charge is 0.306 e. The van der Waals surface area contributed by atoms with Crippen LogP contribution in [0.5, 0.6) is 0 Å². The van der Waals surface area contributed by atoms with E-state index >= 15 is 0 Å². The Hall–Kier alpha value is -1.42. The van der Waals surface area contributed by atoms with Crippen LogP contribution in [0.25, 0.3) is 0 Å². The summed E-state index contributed by atoms with van der Waals surface area (Å²) >= 11 is 0. The van der Waals surface area contributed by atoms with Crippen molar-refractivity contribution < 1.29 is 9.90 Å². The van der Waals surface area contributed by atoms with Gasteiger partial charge in [0.25, 0.3) is 0 Å². The molecule has 4 nitrogen and oxygen atoms in total. The lowest BCUT2D eigenvalue weighted by Gasteiger charge is -2.43. The van der Waals surface area contributed by atoms with Crippen LogP contribution < -0.4 is 0 Å². The molecule has 0 spiro atoms. The molecule has 3 rings (SSSR count). The van der Waals surface area contributed by atoms with Gasteiger partial charge in [0.05, 0.1) is 11.6 Å². The Bertz CT molecular complexity index is 435. The van der Waals surface area contributed by atoms with E-state index in [1.807, 2.05) is 18.3 Å². The highest BCUT2D eigenvalue weighted by Crippen LogP contribution is 2.38. The fourth-order valence-corrected chi connectivity index (χ4v) is 3.72. The van der Waals surface area contributed by atoms with Crippen molar-refractivity contribution in [2.45, 2.75) is 25.8 Å². The quantitative estimate of drug-likeness (QED) is 0.903. The third kappa shape index (κ3) is 2.95. The molecule has 1 aliphatic heterocycles. The van der Waals surface area contributed by atoms with Gasteiger partial charge in [-0.15, -0.1) is 0 Å². The Morgan fingerprint density at radius 2 is 2.00 bits per heavy atom. The minimum atomic E-state index is -0.604. The molecule has 1 saturated heterocycles. The van der Waals surface area contributed by atoms with Crippen molar-refractivity contribution in [2.75, 3.05) is 13.1 Å². The van der Waals surface area contributed by atoms with E-state index in [0.29, 0.717) is 11.8 Å². The van der Waals surface area contributed by atoms with Crippen LogP contribution in [-0.2, 0) is 11.3 Å². The fraction of sp³-hybridized carbons (Fsp3) is 0.600. The van der Waals surface area contributed by atoms with E-state index in [2.05, 4.69) is 16.0 Å².